The van der Waals surface area contributed by atoms with Crippen molar-refractivity contribution < 1.29 is 27.4 Å². The third-order valence-corrected chi connectivity index (χ3v) is 8.42. The molecule has 4 rings (SSSR count). The van der Waals surface area contributed by atoms with Crippen LogP contribution in [0, 0.1) is 6.92 Å². The largest absolute Gasteiger partial charge is 0.494 e. The number of hydrogen-bond donors (Lipinski definition) is 1. The first-order valence-corrected chi connectivity index (χ1v) is 14.4. The summed E-state index contributed by atoms with van der Waals surface area (Å²) in [5, 5.41) is 7.44. The Morgan fingerprint density at radius 2 is 1.68 bits per heavy atom. The molecule has 1 saturated heterocycles. The van der Waals surface area contributed by atoms with Gasteiger partial charge in [0.05, 0.1) is 26.4 Å². The van der Waals surface area contributed by atoms with Crippen LogP contribution in [0.4, 0.5) is 5.95 Å². The normalized spacial score (nSPS) is 17.2. The van der Waals surface area contributed by atoms with E-state index in [0.717, 1.165) is 5.56 Å². The number of nitrogens with zero attached hydrogens (tertiary/aromatic N) is 6. The minimum absolute atomic E-state index is 0.0472. The summed E-state index contributed by atoms with van der Waals surface area (Å²) < 4.78 is 49.0. The zero-order valence-electron chi connectivity index (χ0n) is 23.7. The Morgan fingerprint density at radius 1 is 1.05 bits per heavy atom. The molecule has 3 atom stereocenters. The van der Waals surface area contributed by atoms with Crippen LogP contribution in [0.1, 0.15) is 63.0 Å². The van der Waals surface area contributed by atoms with Crippen molar-refractivity contribution in [2.24, 2.45) is 0 Å². The molecule has 3 aromatic rings. The lowest BCUT2D eigenvalue weighted by Crippen LogP contribution is -2.35. The van der Waals surface area contributed by atoms with Gasteiger partial charge in [-0.25, -0.2) is 18.4 Å². The number of nitrogens with one attached hydrogen (secondary N) is 1. The van der Waals surface area contributed by atoms with Crippen LogP contribution in [0.5, 0.6) is 11.5 Å². The van der Waals surface area contributed by atoms with E-state index in [0.29, 0.717) is 35.9 Å². The molecule has 0 aliphatic carbocycles. The number of para-hydroxylation sites is 1. The van der Waals surface area contributed by atoms with Gasteiger partial charge in [-0.2, -0.15) is 0 Å². The van der Waals surface area contributed by atoms with E-state index in [4.69, 9.17) is 14.2 Å². The highest BCUT2D eigenvalue weighted by molar-refractivity contribution is 7.93. The van der Waals surface area contributed by atoms with Gasteiger partial charge in [-0.1, -0.05) is 6.07 Å². The Bertz CT molecular complexity index is 1440. The molecule has 2 aromatic heterocycles. The van der Waals surface area contributed by atoms with Crippen molar-refractivity contribution in [3.8, 4) is 17.2 Å². The van der Waals surface area contributed by atoms with Gasteiger partial charge < -0.3 is 19.1 Å². The number of likely N-dealkylation sites (tertiary alicyclic amines) is 1. The highest BCUT2D eigenvalue weighted by Crippen LogP contribution is 2.40. The van der Waals surface area contributed by atoms with Crippen molar-refractivity contribution in [2.45, 2.75) is 64.0 Å². The highest BCUT2D eigenvalue weighted by Gasteiger charge is 2.38. The molecule has 14 heteroatoms. The van der Waals surface area contributed by atoms with Crippen LogP contribution in [0.25, 0.3) is 5.69 Å². The summed E-state index contributed by atoms with van der Waals surface area (Å²) in [4.78, 5) is 22.6. The molecule has 216 valence electrons. The van der Waals surface area contributed by atoms with Crippen molar-refractivity contribution in [1.29, 1.82) is 0 Å². The van der Waals surface area contributed by atoms with Crippen LogP contribution in [-0.2, 0) is 19.6 Å². The van der Waals surface area contributed by atoms with Crippen molar-refractivity contribution >= 4 is 21.9 Å². The van der Waals surface area contributed by atoms with Gasteiger partial charge in [0.25, 0.3) is 0 Å². The van der Waals surface area contributed by atoms with Gasteiger partial charge in [0.1, 0.15) is 28.5 Å². The molecule has 0 bridgehead atoms. The van der Waals surface area contributed by atoms with Crippen LogP contribution < -0.4 is 14.2 Å². The third kappa shape index (κ3) is 5.72. The quantitative estimate of drug-likeness (QED) is 0.362. The third-order valence-electron chi connectivity index (χ3n) is 6.73. The van der Waals surface area contributed by atoms with E-state index >= 15 is 0 Å². The number of aryl methyl sites for hydroxylation is 1. The van der Waals surface area contributed by atoms with Crippen molar-refractivity contribution in [1.82, 2.24) is 29.6 Å². The summed E-state index contributed by atoms with van der Waals surface area (Å²) in [6, 6.07) is 4.74. The number of benzene rings is 1. The fourth-order valence-corrected chi connectivity index (χ4v) is 5.65. The number of amides is 1. The molecule has 0 spiro atoms. The lowest BCUT2D eigenvalue weighted by molar-refractivity contribution is -0.127. The molecule has 1 fully saturated rings. The molecule has 0 saturated carbocycles. The van der Waals surface area contributed by atoms with Crippen LogP contribution in [0.15, 0.2) is 30.6 Å². The number of hydrogen-bond acceptors (Lipinski definition) is 10. The van der Waals surface area contributed by atoms with E-state index in [1.54, 1.807) is 42.5 Å². The molecule has 1 N–H and O–H groups in total. The Hall–Kier alpha value is -3.78. The number of carbonyl (C=O) groups is 1. The molecule has 13 nitrogen and oxygen atoms in total. The molecular weight excluding hydrogens is 538 g/mol. The van der Waals surface area contributed by atoms with E-state index in [1.165, 1.54) is 25.7 Å². The average molecular weight is 574 g/mol. The fourth-order valence-electron chi connectivity index (χ4n) is 4.56. The molecular formula is C26H35N7O6S. The summed E-state index contributed by atoms with van der Waals surface area (Å²) >= 11 is 0. The lowest BCUT2D eigenvalue weighted by Gasteiger charge is -2.26. The zero-order valence-corrected chi connectivity index (χ0v) is 24.5. The maximum absolute atomic E-state index is 13.8. The molecule has 40 heavy (non-hydrogen) atoms. The monoisotopic (exact) mass is 573 g/mol. The first kappa shape index (κ1) is 29.2. The SMILES string of the molecule is COc1cccc(OC)c1-n1c(NS(=O)(=O)[C@@H](C)[C@@H](OC(C)C)c2ncc(C)cn2)nnc1C1CCC(=O)N1C. The summed E-state index contributed by atoms with van der Waals surface area (Å²) in [5.41, 5.74) is 1.23. The molecule has 1 unspecified atom stereocenters. The van der Waals surface area contributed by atoms with Crippen molar-refractivity contribution in [2.75, 3.05) is 26.0 Å². The van der Waals surface area contributed by atoms with Crippen molar-refractivity contribution in [3.05, 3.63) is 47.8 Å². The predicted octanol–water partition coefficient (Wildman–Crippen LogP) is 2.97. The second-order valence-electron chi connectivity index (χ2n) is 9.86. The second kappa shape index (κ2) is 11.8. The zero-order chi connectivity index (χ0) is 29.2. The predicted molar refractivity (Wildman–Crippen MR) is 147 cm³/mol. The van der Waals surface area contributed by atoms with E-state index < -0.39 is 27.4 Å². The Balaban J connectivity index is 1.82. The van der Waals surface area contributed by atoms with Gasteiger partial charge >= 0.3 is 0 Å². The van der Waals surface area contributed by atoms with Crippen LogP contribution in [-0.4, -0.2) is 76.6 Å². The number of anilines is 1. The highest BCUT2D eigenvalue weighted by atomic mass is 32.2. The maximum atomic E-state index is 13.8. The minimum atomic E-state index is -4.16. The van der Waals surface area contributed by atoms with Gasteiger partial charge in [0.2, 0.25) is 21.9 Å². The summed E-state index contributed by atoms with van der Waals surface area (Å²) in [6.07, 6.45) is 2.79. The number of methoxy groups -OCH3 is 2. The number of ether oxygens (including phenoxy) is 3. The van der Waals surface area contributed by atoms with Gasteiger partial charge in [0, 0.05) is 25.9 Å². The average Bonchev–Trinajstić information content (AvgIpc) is 3.47. The lowest BCUT2D eigenvalue weighted by atomic mass is 10.2. The molecule has 1 aliphatic heterocycles. The molecule has 1 amide bonds. The molecule has 1 aliphatic rings. The van der Waals surface area contributed by atoms with Gasteiger partial charge in [0.15, 0.2) is 11.6 Å². The smallest absolute Gasteiger partial charge is 0.243 e. The Kier molecular flexibility index (Phi) is 8.59. The summed E-state index contributed by atoms with van der Waals surface area (Å²) in [7, 11) is 0.509. The number of sulfonamides is 1. The number of carbonyl (C=O) groups excluding carboxylic acids is 1. The molecule has 0 radical (unpaired) electrons. The fraction of sp³-hybridized carbons (Fsp3) is 0.500. The van der Waals surface area contributed by atoms with Crippen LogP contribution in [0.3, 0.4) is 0 Å². The molecule has 3 heterocycles. The van der Waals surface area contributed by atoms with Crippen LogP contribution >= 0.6 is 0 Å². The van der Waals surface area contributed by atoms with Crippen LogP contribution in [0.2, 0.25) is 0 Å². The van der Waals surface area contributed by atoms with E-state index in [1.807, 2.05) is 20.8 Å². The second-order valence-corrected chi connectivity index (χ2v) is 11.9. The number of aromatic nitrogens is 5. The standard InChI is InChI=1S/C26H35N7O6S/c1-15(2)39-23(24-27-13-16(3)14-28-24)17(4)40(35,36)31-26-30-29-25(18-11-12-21(34)32(18)5)33(26)22-19(37-6)9-8-10-20(22)38-7/h8-10,13-15,17-18,23H,11-12H2,1-7H3,(H,30,31)/t17-,18?,23+/m0/s1. The summed E-state index contributed by atoms with van der Waals surface area (Å²) in [6.45, 7) is 6.98. The Labute approximate surface area is 233 Å². The van der Waals surface area contributed by atoms with Gasteiger partial charge in [-0.3, -0.25) is 14.1 Å². The summed E-state index contributed by atoms with van der Waals surface area (Å²) in [5.74, 6) is 1.26. The maximum Gasteiger partial charge on any atom is 0.243 e. The topological polar surface area (TPSA) is 151 Å². The van der Waals surface area contributed by atoms with E-state index in [9.17, 15) is 13.2 Å². The van der Waals surface area contributed by atoms with E-state index in [-0.39, 0.29) is 23.8 Å². The first-order chi connectivity index (χ1) is 19.0. The van der Waals surface area contributed by atoms with Crippen molar-refractivity contribution in [3.63, 3.8) is 0 Å². The Morgan fingerprint density at radius 3 is 2.20 bits per heavy atom. The van der Waals surface area contributed by atoms with E-state index in [2.05, 4.69) is 24.9 Å². The minimum Gasteiger partial charge on any atom is -0.494 e. The number of rotatable bonds is 11. The van der Waals surface area contributed by atoms with Gasteiger partial charge in [-0.05, 0) is 51.8 Å². The molecule has 1 aromatic carbocycles. The van der Waals surface area contributed by atoms with Gasteiger partial charge in [-0.15, -0.1) is 10.2 Å². The first-order valence-electron chi connectivity index (χ1n) is 12.9.